The van der Waals surface area contributed by atoms with Gasteiger partial charge < -0.3 is 15.3 Å². The van der Waals surface area contributed by atoms with Gasteiger partial charge in [-0.2, -0.15) is 0 Å². The van der Waals surface area contributed by atoms with Crippen LogP contribution in [0.15, 0.2) is 0 Å². The van der Waals surface area contributed by atoms with Crippen LogP contribution in [0.4, 0.5) is 0 Å². The van der Waals surface area contributed by atoms with Crippen molar-refractivity contribution in [3.8, 4) is 0 Å². The minimum absolute atomic E-state index is 0.198. The standard InChI is InChI=1S/C11H20N2O4/c1-4-5-10(15)13(8(2)11(16)17)7-6-12-9(3)14/h8H,4-7H2,1-3H3,(H,12,14)(H,16,17). The van der Waals surface area contributed by atoms with Crippen LogP contribution in [0, 0.1) is 0 Å². The second-order valence-corrected chi connectivity index (χ2v) is 3.83. The van der Waals surface area contributed by atoms with E-state index in [-0.39, 0.29) is 24.9 Å². The Labute approximate surface area is 101 Å². The van der Waals surface area contributed by atoms with Crippen molar-refractivity contribution in [2.45, 2.75) is 39.7 Å². The number of rotatable bonds is 7. The Balaban J connectivity index is 4.45. The van der Waals surface area contributed by atoms with Crippen molar-refractivity contribution >= 4 is 17.8 Å². The number of hydrogen-bond donors (Lipinski definition) is 2. The summed E-state index contributed by atoms with van der Waals surface area (Å²) in [6.45, 7) is 5.17. The first-order valence-electron chi connectivity index (χ1n) is 5.66. The highest BCUT2D eigenvalue weighted by molar-refractivity contribution is 5.83. The van der Waals surface area contributed by atoms with Crippen molar-refractivity contribution in [1.82, 2.24) is 10.2 Å². The minimum atomic E-state index is -1.04. The summed E-state index contributed by atoms with van der Waals surface area (Å²) in [5, 5.41) is 11.4. The van der Waals surface area contributed by atoms with Crippen LogP contribution in [-0.2, 0) is 14.4 Å². The van der Waals surface area contributed by atoms with Crippen LogP contribution in [0.25, 0.3) is 0 Å². The van der Waals surface area contributed by atoms with Crippen LogP contribution in [0.2, 0.25) is 0 Å². The molecule has 2 N–H and O–H groups in total. The molecule has 2 amide bonds. The maximum atomic E-state index is 11.7. The van der Waals surface area contributed by atoms with Crippen LogP contribution < -0.4 is 5.32 Å². The monoisotopic (exact) mass is 244 g/mol. The van der Waals surface area contributed by atoms with Gasteiger partial charge in [-0.3, -0.25) is 9.59 Å². The number of hydrogen-bond acceptors (Lipinski definition) is 3. The van der Waals surface area contributed by atoms with Gasteiger partial charge in [-0.25, -0.2) is 4.79 Å². The number of nitrogens with zero attached hydrogens (tertiary/aromatic N) is 1. The normalized spacial score (nSPS) is 11.7. The average Bonchev–Trinajstić information content (AvgIpc) is 2.23. The molecule has 0 spiro atoms. The largest absolute Gasteiger partial charge is 0.480 e. The van der Waals surface area contributed by atoms with E-state index in [9.17, 15) is 14.4 Å². The second-order valence-electron chi connectivity index (χ2n) is 3.83. The number of carboxylic acid groups (broad SMARTS) is 1. The van der Waals surface area contributed by atoms with Crippen molar-refractivity contribution in [1.29, 1.82) is 0 Å². The van der Waals surface area contributed by atoms with E-state index in [1.54, 1.807) is 0 Å². The molecule has 0 aromatic heterocycles. The number of carbonyl (C=O) groups excluding carboxylic acids is 2. The van der Waals surface area contributed by atoms with Crippen LogP contribution in [0.1, 0.15) is 33.6 Å². The Morgan fingerprint density at radius 3 is 2.35 bits per heavy atom. The lowest BCUT2D eigenvalue weighted by atomic mass is 10.2. The molecule has 17 heavy (non-hydrogen) atoms. The molecule has 98 valence electrons. The second kappa shape index (κ2) is 7.65. The Morgan fingerprint density at radius 1 is 1.35 bits per heavy atom. The van der Waals surface area contributed by atoms with Gasteiger partial charge in [0.05, 0.1) is 0 Å². The van der Waals surface area contributed by atoms with E-state index < -0.39 is 12.0 Å². The maximum absolute atomic E-state index is 11.7. The summed E-state index contributed by atoms with van der Waals surface area (Å²) in [7, 11) is 0. The first-order valence-corrected chi connectivity index (χ1v) is 5.66. The Bertz CT molecular complexity index is 291. The molecule has 0 bridgehead atoms. The summed E-state index contributed by atoms with van der Waals surface area (Å²) in [4.78, 5) is 34.6. The molecule has 0 aliphatic heterocycles. The highest BCUT2D eigenvalue weighted by Crippen LogP contribution is 2.04. The Kier molecular flexibility index (Phi) is 6.93. The lowest BCUT2D eigenvalue weighted by Crippen LogP contribution is -2.46. The predicted molar refractivity (Wildman–Crippen MR) is 62.4 cm³/mol. The number of nitrogens with one attached hydrogen (secondary N) is 1. The van der Waals surface area contributed by atoms with Crippen LogP contribution in [-0.4, -0.2) is 46.9 Å². The molecule has 0 rings (SSSR count). The van der Waals surface area contributed by atoms with Gasteiger partial charge in [-0.15, -0.1) is 0 Å². The van der Waals surface area contributed by atoms with E-state index >= 15 is 0 Å². The molecule has 0 heterocycles. The van der Waals surface area contributed by atoms with Gasteiger partial charge in [-0.1, -0.05) is 6.92 Å². The van der Waals surface area contributed by atoms with Crippen LogP contribution in [0.5, 0.6) is 0 Å². The molecule has 0 aromatic carbocycles. The quantitative estimate of drug-likeness (QED) is 0.671. The topological polar surface area (TPSA) is 86.7 Å². The van der Waals surface area contributed by atoms with Gasteiger partial charge in [0.25, 0.3) is 0 Å². The highest BCUT2D eigenvalue weighted by atomic mass is 16.4. The Morgan fingerprint density at radius 2 is 1.94 bits per heavy atom. The summed E-state index contributed by atoms with van der Waals surface area (Å²) >= 11 is 0. The molecule has 0 fully saturated rings. The van der Waals surface area contributed by atoms with E-state index in [1.165, 1.54) is 18.7 Å². The van der Waals surface area contributed by atoms with Gasteiger partial charge in [0, 0.05) is 26.4 Å². The predicted octanol–water partition coefficient (Wildman–Crippen LogP) is 0.224. The first-order chi connectivity index (χ1) is 7.90. The number of amides is 2. The van der Waals surface area contributed by atoms with Crippen molar-refractivity contribution < 1.29 is 19.5 Å². The van der Waals surface area contributed by atoms with Crippen molar-refractivity contribution in [3.05, 3.63) is 0 Å². The van der Waals surface area contributed by atoms with Gasteiger partial charge in [0.2, 0.25) is 11.8 Å². The van der Waals surface area contributed by atoms with Crippen LogP contribution in [0.3, 0.4) is 0 Å². The van der Waals surface area contributed by atoms with Crippen LogP contribution >= 0.6 is 0 Å². The lowest BCUT2D eigenvalue weighted by molar-refractivity contribution is -0.149. The van der Waals surface area contributed by atoms with E-state index in [2.05, 4.69) is 5.32 Å². The molecule has 6 nitrogen and oxygen atoms in total. The number of aliphatic carboxylic acids is 1. The fourth-order valence-corrected chi connectivity index (χ4v) is 1.38. The van der Waals surface area contributed by atoms with Crippen molar-refractivity contribution in [2.24, 2.45) is 0 Å². The zero-order valence-corrected chi connectivity index (χ0v) is 10.5. The first kappa shape index (κ1) is 15.4. The third kappa shape index (κ3) is 5.89. The molecule has 0 aromatic rings. The number of carbonyl (C=O) groups is 3. The minimum Gasteiger partial charge on any atom is -0.480 e. The van der Waals surface area contributed by atoms with Gasteiger partial charge in [-0.05, 0) is 13.3 Å². The molecular formula is C11H20N2O4. The maximum Gasteiger partial charge on any atom is 0.326 e. The van der Waals surface area contributed by atoms with Gasteiger partial charge in [0.15, 0.2) is 0 Å². The van der Waals surface area contributed by atoms with E-state index in [0.717, 1.165) is 0 Å². The molecule has 0 aliphatic carbocycles. The van der Waals surface area contributed by atoms with Crippen molar-refractivity contribution in [3.63, 3.8) is 0 Å². The molecule has 0 aliphatic rings. The summed E-state index contributed by atoms with van der Waals surface area (Å²) in [6, 6.07) is -0.872. The molecule has 6 heteroatoms. The van der Waals surface area contributed by atoms with Crippen molar-refractivity contribution in [2.75, 3.05) is 13.1 Å². The SMILES string of the molecule is CCCC(=O)N(CCNC(C)=O)C(C)C(=O)O. The zero-order chi connectivity index (χ0) is 13.4. The fourth-order valence-electron chi connectivity index (χ4n) is 1.38. The Hall–Kier alpha value is -1.59. The fraction of sp³-hybridized carbons (Fsp3) is 0.727. The summed E-state index contributed by atoms with van der Waals surface area (Å²) < 4.78 is 0. The molecule has 0 saturated heterocycles. The molecule has 1 unspecified atom stereocenters. The average molecular weight is 244 g/mol. The summed E-state index contributed by atoms with van der Waals surface area (Å²) in [5.74, 6) is -1.44. The molecule has 1 atom stereocenters. The van der Waals surface area contributed by atoms with Gasteiger partial charge in [0.1, 0.15) is 6.04 Å². The summed E-state index contributed by atoms with van der Waals surface area (Å²) in [5.41, 5.74) is 0. The summed E-state index contributed by atoms with van der Waals surface area (Å²) in [6.07, 6.45) is 0.986. The lowest BCUT2D eigenvalue weighted by Gasteiger charge is -2.26. The molecule has 0 radical (unpaired) electrons. The third-order valence-electron chi connectivity index (χ3n) is 2.34. The smallest absolute Gasteiger partial charge is 0.326 e. The number of carboxylic acids is 1. The van der Waals surface area contributed by atoms with E-state index in [0.29, 0.717) is 12.8 Å². The zero-order valence-electron chi connectivity index (χ0n) is 10.5. The van der Waals surface area contributed by atoms with Gasteiger partial charge >= 0.3 is 5.97 Å². The van der Waals surface area contributed by atoms with E-state index in [1.807, 2.05) is 6.92 Å². The highest BCUT2D eigenvalue weighted by Gasteiger charge is 2.24. The molecule has 0 saturated carbocycles. The van der Waals surface area contributed by atoms with E-state index in [4.69, 9.17) is 5.11 Å². The molecular weight excluding hydrogens is 224 g/mol. The third-order valence-corrected chi connectivity index (χ3v) is 2.34.